The molecule has 2 N–H and O–H groups in total. The second-order valence-electron chi connectivity index (χ2n) is 10.3. The first-order valence-corrected chi connectivity index (χ1v) is 11.9. The molecule has 2 aliphatic carbocycles. The minimum absolute atomic E-state index is 0.0141. The topological polar surface area (TPSA) is 85.2 Å². The van der Waals surface area contributed by atoms with Gasteiger partial charge in [0.25, 0.3) is 0 Å². The van der Waals surface area contributed by atoms with E-state index in [1.54, 1.807) is 6.92 Å². The van der Waals surface area contributed by atoms with Gasteiger partial charge in [0.15, 0.2) is 6.10 Å². The number of hydrogen-bond acceptors (Lipinski definition) is 6. The van der Waals surface area contributed by atoms with E-state index in [-0.39, 0.29) is 41.6 Å². The number of methoxy groups -OCH3 is 1. The summed E-state index contributed by atoms with van der Waals surface area (Å²) in [5.74, 6) is -0.549. The number of hydrogen-bond donors (Lipinski definition) is 2. The van der Waals surface area contributed by atoms with E-state index in [9.17, 15) is 15.0 Å². The van der Waals surface area contributed by atoms with Gasteiger partial charge in [0.2, 0.25) is 0 Å². The number of carbonyl (C=O) groups is 1. The fourth-order valence-electron chi connectivity index (χ4n) is 7.01. The van der Waals surface area contributed by atoms with Crippen molar-refractivity contribution >= 4 is 5.97 Å². The summed E-state index contributed by atoms with van der Waals surface area (Å²) in [6.45, 7) is 11.7. The van der Waals surface area contributed by atoms with Crippen molar-refractivity contribution in [3.05, 3.63) is 36.5 Å². The van der Waals surface area contributed by atoms with Crippen LogP contribution in [0.25, 0.3) is 0 Å². The van der Waals surface area contributed by atoms with Crippen molar-refractivity contribution in [3.63, 3.8) is 0 Å². The first-order valence-electron chi connectivity index (χ1n) is 11.9. The van der Waals surface area contributed by atoms with Crippen LogP contribution in [0.5, 0.6) is 0 Å². The molecule has 1 saturated heterocycles. The molecule has 4 rings (SSSR count). The zero-order valence-corrected chi connectivity index (χ0v) is 19.8. The van der Waals surface area contributed by atoms with E-state index >= 15 is 0 Å². The van der Waals surface area contributed by atoms with Crippen LogP contribution in [-0.2, 0) is 19.0 Å². The molecule has 178 valence electrons. The van der Waals surface area contributed by atoms with Gasteiger partial charge in [-0.15, -0.1) is 6.58 Å². The Hall–Kier alpha value is -1.47. The van der Waals surface area contributed by atoms with E-state index in [1.165, 1.54) is 7.11 Å². The number of rotatable bonds is 4. The van der Waals surface area contributed by atoms with Gasteiger partial charge in [-0.25, -0.2) is 4.79 Å². The van der Waals surface area contributed by atoms with Crippen molar-refractivity contribution in [2.24, 2.45) is 35.5 Å². The molecule has 0 aromatic heterocycles. The van der Waals surface area contributed by atoms with Gasteiger partial charge in [-0.3, -0.25) is 0 Å². The number of allylic oxidation sites excluding steroid dienone is 1. The molecule has 0 aromatic rings. The average Bonchev–Trinajstić information content (AvgIpc) is 2.94. The Balaban J connectivity index is 1.86. The van der Waals surface area contributed by atoms with Crippen molar-refractivity contribution in [3.8, 4) is 0 Å². The van der Waals surface area contributed by atoms with Gasteiger partial charge in [-0.2, -0.15) is 0 Å². The molecule has 0 aromatic carbocycles. The van der Waals surface area contributed by atoms with Gasteiger partial charge in [0.1, 0.15) is 11.7 Å². The van der Waals surface area contributed by atoms with Crippen LogP contribution in [0.1, 0.15) is 40.5 Å². The van der Waals surface area contributed by atoms with Crippen LogP contribution in [0.15, 0.2) is 36.5 Å². The molecular formula is C26H38O6. The van der Waals surface area contributed by atoms with Crippen molar-refractivity contribution in [1.29, 1.82) is 0 Å². The molecule has 1 spiro atoms. The largest absolute Gasteiger partial charge is 0.457 e. The lowest BCUT2D eigenvalue weighted by atomic mass is 9.55. The van der Waals surface area contributed by atoms with Crippen LogP contribution < -0.4 is 0 Å². The minimum atomic E-state index is -0.825. The van der Waals surface area contributed by atoms with Gasteiger partial charge in [0.05, 0.1) is 18.3 Å². The van der Waals surface area contributed by atoms with Crippen molar-refractivity contribution in [2.75, 3.05) is 7.11 Å². The van der Waals surface area contributed by atoms with E-state index in [0.717, 1.165) is 12.0 Å². The second kappa shape index (κ2) is 8.71. The Morgan fingerprint density at radius 2 is 2.09 bits per heavy atom. The summed E-state index contributed by atoms with van der Waals surface area (Å²) in [5, 5.41) is 21.9. The van der Waals surface area contributed by atoms with Crippen LogP contribution >= 0.6 is 0 Å². The average molecular weight is 447 g/mol. The summed E-state index contributed by atoms with van der Waals surface area (Å²) in [4.78, 5) is 13.0. The summed E-state index contributed by atoms with van der Waals surface area (Å²) in [5.41, 5.74) is 0.306. The quantitative estimate of drug-likeness (QED) is 0.510. The van der Waals surface area contributed by atoms with E-state index in [1.807, 2.05) is 13.0 Å². The molecule has 12 atom stereocenters. The highest BCUT2D eigenvalue weighted by atomic mass is 16.6. The zero-order chi connectivity index (χ0) is 23.4. The van der Waals surface area contributed by atoms with Crippen molar-refractivity contribution < 1.29 is 29.2 Å². The third-order valence-electron chi connectivity index (χ3n) is 8.57. The highest BCUT2D eigenvalue weighted by Crippen LogP contribution is 2.62. The van der Waals surface area contributed by atoms with Crippen LogP contribution in [0.3, 0.4) is 0 Å². The van der Waals surface area contributed by atoms with Gasteiger partial charge in [0, 0.05) is 30.8 Å². The lowest BCUT2D eigenvalue weighted by Gasteiger charge is -2.49. The Kier molecular flexibility index (Phi) is 6.45. The molecule has 0 radical (unpaired) electrons. The molecule has 2 fully saturated rings. The molecule has 4 aliphatic rings. The maximum Gasteiger partial charge on any atom is 0.335 e. The number of aliphatic hydroxyl groups is 2. The molecule has 1 unspecified atom stereocenters. The Morgan fingerprint density at radius 1 is 1.38 bits per heavy atom. The molecule has 2 aliphatic heterocycles. The fourth-order valence-corrected chi connectivity index (χ4v) is 7.01. The number of carbonyl (C=O) groups excluding carboxylic acids is 1. The SMILES string of the molecule is C=CC[C@@H]1C(C)[C@@H](O)[C@@H]2[C@H]3C=C[C@@H]4C[C@H](OC)C(=O)O[C@H]([C@@H](C)O)[C@H](C)/C=C(\C)[C@@]24O[C@H]31. The zero-order valence-electron chi connectivity index (χ0n) is 19.8. The lowest BCUT2D eigenvalue weighted by Crippen LogP contribution is -2.55. The van der Waals surface area contributed by atoms with Gasteiger partial charge in [-0.05, 0) is 44.1 Å². The maximum atomic E-state index is 13.0. The predicted octanol–water partition coefficient (Wildman–Crippen LogP) is 3.04. The van der Waals surface area contributed by atoms with E-state index < -0.39 is 36.0 Å². The third-order valence-corrected chi connectivity index (χ3v) is 8.57. The molecule has 1 saturated carbocycles. The first-order chi connectivity index (χ1) is 15.2. The summed E-state index contributed by atoms with van der Waals surface area (Å²) in [6, 6.07) is 0. The second-order valence-corrected chi connectivity index (χ2v) is 10.3. The maximum absolute atomic E-state index is 13.0. The van der Waals surface area contributed by atoms with Crippen molar-refractivity contribution in [1.82, 2.24) is 0 Å². The summed E-state index contributed by atoms with van der Waals surface area (Å²) < 4.78 is 18.3. The summed E-state index contributed by atoms with van der Waals surface area (Å²) in [7, 11) is 1.51. The standard InChI is InChI=1S/C26H38O6/c1-7-8-18-15(4)22(28)21-19-10-9-17-12-20(30-6)25(29)31-23(16(5)27)13(2)11-14(3)26(17,21)32-24(18)19/h7,9-11,13,15-24,27-28H,1,8,12H2,2-6H3/b14-11+/t13-,15?,16-,17-,18-,19-,20+,21+,22-,23+,24+,26+/m1/s1. The molecule has 6 nitrogen and oxygen atoms in total. The Bertz CT molecular complexity index is 802. The molecule has 32 heavy (non-hydrogen) atoms. The van der Waals surface area contributed by atoms with Gasteiger partial charge in [-0.1, -0.05) is 38.2 Å². The molecule has 4 bridgehead atoms. The smallest absolute Gasteiger partial charge is 0.335 e. The normalized spacial score (nSPS) is 50.6. The minimum Gasteiger partial charge on any atom is -0.457 e. The monoisotopic (exact) mass is 446 g/mol. The lowest BCUT2D eigenvalue weighted by molar-refractivity contribution is -0.172. The number of ether oxygens (including phenoxy) is 3. The summed E-state index contributed by atoms with van der Waals surface area (Å²) >= 11 is 0. The van der Waals surface area contributed by atoms with E-state index in [4.69, 9.17) is 14.2 Å². The summed E-state index contributed by atoms with van der Waals surface area (Å²) in [6.07, 6.45) is 6.68. The van der Waals surface area contributed by atoms with E-state index in [2.05, 4.69) is 38.7 Å². The number of aliphatic hydroxyl groups excluding tert-OH is 2. The van der Waals surface area contributed by atoms with Crippen LogP contribution in [0.4, 0.5) is 0 Å². The van der Waals surface area contributed by atoms with Crippen LogP contribution in [-0.4, -0.2) is 59.4 Å². The predicted molar refractivity (Wildman–Crippen MR) is 121 cm³/mol. The molecule has 6 heteroatoms. The van der Waals surface area contributed by atoms with Gasteiger partial charge < -0.3 is 24.4 Å². The number of esters is 1. The Labute approximate surface area is 191 Å². The van der Waals surface area contributed by atoms with Crippen LogP contribution in [0, 0.1) is 35.5 Å². The van der Waals surface area contributed by atoms with Crippen LogP contribution in [0.2, 0.25) is 0 Å². The van der Waals surface area contributed by atoms with Crippen molar-refractivity contribution in [2.45, 2.75) is 76.7 Å². The first kappa shape index (κ1) is 23.7. The third kappa shape index (κ3) is 3.42. The molecular weight excluding hydrogens is 408 g/mol. The highest BCUT2D eigenvalue weighted by molar-refractivity contribution is 5.75. The molecule has 0 amide bonds. The Morgan fingerprint density at radius 3 is 2.72 bits per heavy atom. The highest BCUT2D eigenvalue weighted by Gasteiger charge is 2.67. The molecule has 2 heterocycles. The number of cyclic esters (lactones) is 1. The van der Waals surface area contributed by atoms with Gasteiger partial charge >= 0.3 is 5.97 Å². The fraction of sp³-hybridized carbons (Fsp3) is 0.731. The van der Waals surface area contributed by atoms with E-state index in [0.29, 0.717) is 6.42 Å².